The van der Waals surface area contributed by atoms with E-state index in [1.54, 1.807) is 0 Å². The third-order valence-corrected chi connectivity index (χ3v) is 1.40. The van der Waals surface area contributed by atoms with Gasteiger partial charge in [-0.25, -0.2) is 0 Å². The van der Waals surface area contributed by atoms with Crippen LogP contribution in [0.15, 0.2) is 0 Å². The van der Waals surface area contributed by atoms with Crippen molar-refractivity contribution in [3.63, 3.8) is 0 Å². The second kappa shape index (κ2) is 6.53. The first kappa shape index (κ1) is 9.41. The molecule has 0 rings (SSSR count). The van der Waals surface area contributed by atoms with Crippen molar-refractivity contribution < 1.29 is 5.11 Å². The van der Waals surface area contributed by atoms with Crippen LogP contribution in [0.25, 0.3) is 0 Å². The zero-order valence-electron chi connectivity index (χ0n) is 6.38. The van der Waals surface area contributed by atoms with Crippen LogP contribution in [0.2, 0.25) is 0 Å². The molecule has 0 aromatic carbocycles. The van der Waals surface area contributed by atoms with E-state index in [1.165, 1.54) is 0 Å². The number of hydrogen-bond donors (Lipinski definition) is 1. The lowest BCUT2D eigenvalue weighted by Crippen LogP contribution is -2.27. The summed E-state index contributed by atoms with van der Waals surface area (Å²) >= 11 is 0. The predicted molar refractivity (Wildman–Crippen MR) is 39.4 cm³/mol. The second-order valence-electron chi connectivity index (χ2n) is 2.07. The molecule has 0 bridgehead atoms. The van der Waals surface area contributed by atoms with Crippen molar-refractivity contribution in [1.29, 1.82) is 5.26 Å². The Kier molecular flexibility index (Phi) is 6.14. The zero-order chi connectivity index (χ0) is 7.82. The number of nitriles is 1. The van der Waals surface area contributed by atoms with Crippen molar-refractivity contribution in [2.75, 3.05) is 26.2 Å². The molecule has 0 aliphatic rings. The fraction of sp³-hybridized carbons (Fsp3) is 0.857. The maximum Gasteiger partial charge on any atom is 0.0635 e. The summed E-state index contributed by atoms with van der Waals surface area (Å²) in [7, 11) is 0. The lowest BCUT2D eigenvalue weighted by Gasteiger charge is -2.16. The van der Waals surface area contributed by atoms with Crippen molar-refractivity contribution in [3.8, 4) is 6.07 Å². The molecule has 3 heteroatoms. The zero-order valence-corrected chi connectivity index (χ0v) is 6.38. The van der Waals surface area contributed by atoms with Crippen LogP contribution in [0.1, 0.15) is 13.3 Å². The summed E-state index contributed by atoms with van der Waals surface area (Å²) < 4.78 is 0. The summed E-state index contributed by atoms with van der Waals surface area (Å²) in [5.74, 6) is 0. The number of likely N-dealkylation sites (N-methyl/N-ethyl adjacent to an activating group) is 1. The first-order chi connectivity index (χ1) is 4.85. The average molecular weight is 142 g/mol. The van der Waals surface area contributed by atoms with Crippen LogP contribution >= 0.6 is 0 Å². The Morgan fingerprint density at radius 3 is 2.60 bits per heavy atom. The Hall–Kier alpha value is -0.590. The van der Waals surface area contributed by atoms with Crippen LogP contribution < -0.4 is 0 Å². The van der Waals surface area contributed by atoms with Gasteiger partial charge in [0, 0.05) is 19.5 Å². The highest BCUT2D eigenvalue weighted by Crippen LogP contribution is 1.88. The maximum absolute atomic E-state index is 8.54. The summed E-state index contributed by atoms with van der Waals surface area (Å²) in [4.78, 5) is 2.04. The van der Waals surface area contributed by atoms with Crippen molar-refractivity contribution in [2.45, 2.75) is 13.3 Å². The standard InChI is InChI=1S/C7H14N2O/c1-2-9(6-7-10)5-3-4-8/h10H,2-3,5-7H2,1H3. The van der Waals surface area contributed by atoms with E-state index in [1.807, 2.05) is 11.8 Å². The van der Waals surface area contributed by atoms with Gasteiger partial charge in [-0.1, -0.05) is 6.92 Å². The van der Waals surface area contributed by atoms with Crippen molar-refractivity contribution in [3.05, 3.63) is 0 Å². The van der Waals surface area contributed by atoms with Gasteiger partial charge < -0.3 is 10.0 Å². The Bertz CT molecular complexity index is 109. The van der Waals surface area contributed by atoms with Gasteiger partial charge >= 0.3 is 0 Å². The normalized spacial score (nSPS) is 9.80. The second-order valence-corrected chi connectivity index (χ2v) is 2.07. The fourth-order valence-electron chi connectivity index (χ4n) is 0.778. The van der Waals surface area contributed by atoms with Gasteiger partial charge in [0.15, 0.2) is 0 Å². The molecule has 0 saturated carbocycles. The van der Waals surface area contributed by atoms with Gasteiger partial charge in [-0.15, -0.1) is 0 Å². The average Bonchev–Trinajstić information content (AvgIpc) is 1.98. The van der Waals surface area contributed by atoms with E-state index in [0.717, 1.165) is 13.1 Å². The fourth-order valence-corrected chi connectivity index (χ4v) is 0.778. The molecule has 0 fully saturated rings. The lowest BCUT2D eigenvalue weighted by molar-refractivity contribution is 0.204. The molecule has 0 spiro atoms. The molecule has 0 saturated heterocycles. The van der Waals surface area contributed by atoms with E-state index in [9.17, 15) is 0 Å². The quantitative estimate of drug-likeness (QED) is 0.597. The van der Waals surface area contributed by atoms with Gasteiger partial charge in [0.1, 0.15) is 0 Å². The van der Waals surface area contributed by atoms with Crippen LogP contribution in [-0.4, -0.2) is 36.2 Å². The lowest BCUT2D eigenvalue weighted by atomic mass is 10.4. The maximum atomic E-state index is 8.54. The summed E-state index contributed by atoms with van der Waals surface area (Å²) in [6, 6.07) is 2.07. The molecule has 10 heavy (non-hydrogen) atoms. The minimum Gasteiger partial charge on any atom is -0.395 e. The Labute approximate surface area is 61.9 Å². The molecule has 0 unspecified atom stereocenters. The third kappa shape index (κ3) is 4.30. The monoisotopic (exact) mass is 142 g/mol. The minimum atomic E-state index is 0.180. The van der Waals surface area contributed by atoms with Crippen molar-refractivity contribution in [1.82, 2.24) is 4.90 Å². The predicted octanol–water partition coefficient (Wildman–Crippen LogP) is 0.214. The smallest absolute Gasteiger partial charge is 0.0635 e. The molecule has 58 valence electrons. The van der Waals surface area contributed by atoms with Crippen LogP contribution in [0.4, 0.5) is 0 Å². The Balaban J connectivity index is 3.32. The van der Waals surface area contributed by atoms with Gasteiger partial charge in [-0.3, -0.25) is 0 Å². The molecular weight excluding hydrogens is 128 g/mol. The minimum absolute atomic E-state index is 0.180. The molecule has 0 radical (unpaired) electrons. The first-order valence-corrected chi connectivity index (χ1v) is 3.55. The summed E-state index contributed by atoms with van der Waals surface area (Å²) in [5, 5.41) is 16.8. The number of aliphatic hydroxyl groups is 1. The topological polar surface area (TPSA) is 47.3 Å². The van der Waals surface area contributed by atoms with Gasteiger partial charge in [-0.2, -0.15) is 5.26 Å². The van der Waals surface area contributed by atoms with Crippen LogP contribution in [0.5, 0.6) is 0 Å². The third-order valence-electron chi connectivity index (χ3n) is 1.40. The van der Waals surface area contributed by atoms with Gasteiger partial charge in [0.2, 0.25) is 0 Å². The van der Waals surface area contributed by atoms with Crippen LogP contribution in [0, 0.1) is 11.3 Å². The van der Waals surface area contributed by atoms with E-state index < -0.39 is 0 Å². The summed E-state index contributed by atoms with van der Waals surface area (Å²) in [6.45, 7) is 4.56. The van der Waals surface area contributed by atoms with E-state index in [2.05, 4.69) is 6.07 Å². The first-order valence-electron chi connectivity index (χ1n) is 3.55. The highest BCUT2D eigenvalue weighted by Gasteiger charge is 1.98. The molecule has 0 amide bonds. The molecule has 0 aliphatic heterocycles. The molecule has 3 nitrogen and oxygen atoms in total. The molecular formula is C7H14N2O. The molecule has 0 atom stereocenters. The highest BCUT2D eigenvalue weighted by atomic mass is 16.3. The highest BCUT2D eigenvalue weighted by molar-refractivity contribution is 4.71. The molecule has 0 aromatic heterocycles. The summed E-state index contributed by atoms with van der Waals surface area (Å²) in [5.41, 5.74) is 0. The molecule has 0 heterocycles. The van der Waals surface area contributed by atoms with Crippen molar-refractivity contribution in [2.24, 2.45) is 0 Å². The van der Waals surface area contributed by atoms with Gasteiger partial charge in [0.05, 0.1) is 12.7 Å². The Morgan fingerprint density at radius 2 is 2.20 bits per heavy atom. The Morgan fingerprint density at radius 1 is 1.50 bits per heavy atom. The number of rotatable bonds is 5. The van der Waals surface area contributed by atoms with E-state index in [4.69, 9.17) is 10.4 Å². The van der Waals surface area contributed by atoms with E-state index in [0.29, 0.717) is 13.0 Å². The van der Waals surface area contributed by atoms with Gasteiger partial charge in [0.25, 0.3) is 0 Å². The van der Waals surface area contributed by atoms with E-state index >= 15 is 0 Å². The SMILES string of the molecule is CCN(CCO)CCC#N. The molecule has 0 aliphatic carbocycles. The van der Waals surface area contributed by atoms with E-state index in [-0.39, 0.29) is 6.61 Å². The largest absolute Gasteiger partial charge is 0.395 e. The van der Waals surface area contributed by atoms with Crippen molar-refractivity contribution >= 4 is 0 Å². The van der Waals surface area contributed by atoms with Crippen LogP contribution in [0.3, 0.4) is 0 Å². The number of nitrogens with zero attached hydrogens (tertiary/aromatic N) is 2. The molecule has 1 N–H and O–H groups in total. The number of hydrogen-bond acceptors (Lipinski definition) is 3. The summed E-state index contributed by atoms with van der Waals surface area (Å²) in [6.07, 6.45) is 0.549. The molecule has 0 aromatic rings. The number of aliphatic hydroxyl groups excluding tert-OH is 1. The van der Waals surface area contributed by atoms with Crippen LogP contribution in [-0.2, 0) is 0 Å². The van der Waals surface area contributed by atoms with Gasteiger partial charge in [-0.05, 0) is 6.54 Å².